The molecule has 0 radical (unpaired) electrons. The van der Waals surface area contributed by atoms with E-state index in [1.54, 1.807) is 6.07 Å². The molecule has 0 saturated carbocycles. The van der Waals surface area contributed by atoms with Crippen molar-refractivity contribution < 1.29 is 14.3 Å². The van der Waals surface area contributed by atoms with Gasteiger partial charge in [-0.25, -0.2) is 4.79 Å². The van der Waals surface area contributed by atoms with Gasteiger partial charge in [0.05, 0.1) is 20.6 Å². The lowest BCUT2D eigenvalue weighted by atomic mass is 10.1. The van der Waals surface area contributed by atoms with Gasteiger partial charge >= 0.3 is 5.97 Å². The number of hydrogen-bond acceptors (Lipinski definition) is 3. The summed E-state index contributed by atoms with van der Waals surface area (Å²) in [5.41, 5.74) is 2.59. The molecule has 0 aliphatic carbocycles. The number of benzene rings is 2. The van der Waals surface area contributed by atoms with E-state index >= 15 is 0 Å². The average Bonchev–Trinajstić information content (AvgIpc) is 2.52. The predicted octanol–water partition coefficient (Wildman–Crippen LogP) is 5.06. The zero-order chi connectivity index (χ0) is 17.9. The third-order valence-electron chi connectivity index (χ3n) is 3.24. The van der Waals surface area contributed by atoms with Crippen molar-refractivity contribution in [2.45, 2.75) is 13.8 Å². The molecule has 1 amide bonds. The first-order chi connectivity index (χ1) is 11.3. The van der Waals surface area contributed by atoms with Crippen molar-refractivity contribution in [3.63, 3.8) is 0 Å². The van der Waals surface area contributed by atoms with E-state index < -0.39 is 18.5 Å². The number of aryl methyl sites for hydroxylation is 2. The van der Waals surface area contributed by atoms with Crippen LogP contribution in [-0.4, -0.2) is 18.5 Å². The molecule has 2 aromatic rings. The second-order valence-corrected chi connectivity index (χ2v) is 6.35. The Kier molecular flexibility index (Phi) is 6.10. The number of carbonyl (C=O) groups is 2. The summed E-state index contributed by atoms with van der Waals surface area (Å²) in [7, 11) is 0. The summed E-state index contributed by atoms with van der Waals surface area (Å²) in [5.74, 6) is -1.28. The third-order valence-corrected chi connectivity index (χ3v) is 4.36. The molecular formula is C17H14Cl3NO3. The van der Waals surface area contributed by atoms with Gasteiger partial charge in [0, 0.05) is 5.69 Å². The summed E-state index contributed by atoms with van der Waals surface area (Å²) in [6, 6.07) is 8.50. The quantitative estimate of drug-likeness (QED) is 0.590. The maximum atomic E-state index is 12.1. The lowest BCUT2D eigenvalue weighted by Crippen LogP contribution is -2.21. The summed E-state index contributed by atoms with van der Waals surface area (Å²) in [4.78, 5) is 24.0. The Morgan fingerprint density at radius 3 is 2.38 bits per heavy atom. The van der Waals surface area contributed by atoms with Crippen LogP contribution in [0.3, 0.4) is 0 Å². The zero-order valence-electron chi connectivity index (χ0n) is 13.0. The second-order valence-electron chi connectivity index (χ2n) is 5.16. The van der Waals surface area contributed by atoms with E-state index in [9.17, 15) is 9.59 Å². The van der Waals surface area contributed by atoms with E-state index in [4.69, 9.17) is 39.5 Å². The molecular weight excluding hydrogens is 373 g/mol. The monoisotopic (exact) mass is 385 g/mol. The van der Waals surface area contributed by atoms with Crippen LogP contribution in [0, 0.1) is 13.8 Å². The fourth-order valence-electron chi connectivity index (χ4n) is 2.06. The fraction of sp³-hybridized carbons (Fsp3) is 0.176. The highest BCUT2D eigenvalue weighted by Gasteiger charge is 2.19. The predicted molar refractivity (Wildman–Crippen MR) is 96.3 cm³/mol. The normalized spacial score (nSPS) is 10.4. The summed E-state index contributed by atoms with van der Waals surface area (Å²) >= 11 is 17.7. The molecule has 0 aromatic heterocycles. The van der Waals surface area contributed by atoms with Gasteiger partial charge in [0.15, 0.2) is 6.61 Å². The van der Waals surface area contributed by atoms with E-state index in [2.05, 4.69) is 5.32 Å². The largest absolute Gasteiger partial charge is 0.452 e. The summed E-state index contributed by atoms with van der Waals surface area (Å²) < 4.78 is 4.96. The van der Waals surface area contributed by atoms with Gasteiger partial charge in [-0.15, -0.1) is 0 Å². The van der Waals surface area contributed by atoms with E-state index in [0.29, 0.717) is 5.69 Å². The highest BCUT2D eigenvalue weighted by Crippen LogP contribution is 2.31. The average molecular weight is 387 g/mol. The Labute approximate surface area is 154 Å². The molecule has 0 unspecified atom stereocenters. The Hall–Kier alpha value is -1.75. The molecule has 0 aliphatic rings. The maximum absolute atomic E-state index is 12.1. The first kappa shape index (κ1) is 18.6. The van der Waals surface area contributed by atoms with E-state index in [0.717, 1.165) is 11.1 Å². The smallest absolute Gasteiger partial charge is 0.341 e. The number of hydrogen-bond donors (Lipinski definition) is 1. The lowest BCUT2D eigenvalue weighted by Gasteiger charge is -2.11. The highest BCUT2D eigenvalue weighted by atomic mass is 35.5. The molecule has 2 aromatic carbocycles. The van der Waals surface area contributed by atoms with Crippen LogP contribution >= 0.6 is 34.8 Å². The van der Waals surface area contributed by atoms with Crippen LogP contribution in [0.2, 0.25) is 15.1 Å². The Morgan fingerprint density at radius 2 is 1.71 bits per heavy atom. The second kappa shape index (κ2) is 7.88. The molecule has 0 atom stereocenters. The van der Waals surface area contributed by atoms with Crippen molar-refractivity contribution in [1.29, 1.82) is 0 Å². The van der Waals surface area contributed by atoms with Crippen molar-refractivity contribution in [3.05, 3.63) is 62.1 Å². The van der Waals surface area contributed by atoms with Gasteiger partial charge in [0.1, 0.15) is 0 Å². The molecule has 126 valence electrons. The number of carbonyl (C=O) groups excluding carboxylic acids is 2. The van der Waals surface area contributed by atoms with Crippen LogP contribution in [0.15, 0.2) is 30.3 Å². The van der Waals surface area contributed by atoms with Gasteiger partial charge in [0.25, 0.3) is 5.91 Å². The van der Waals surface area contributed by atoms with Gasteiger partial charge in [0.2, 0.25) is 0 Å². The number of esters is 1. The molecule has 0 spiro atoms. The third kappa shape index (κ3) is 4.41. The molecule has 2 rings (SSSR count). The number of nitrogens with one attached hydrogen (secondary N) is 1. The number of amides is 1. The summed E-state index contributed by atoms with van der Waals surface area (Å²) in [6.45, 7) is 3.37. The van der Waals surface area contributed by atoms with Gasteiger partial charge in [-0.3, -0.25) is 4.79 Å². The molecule has 0 aliphatic heterocycles. The molecule has 24 heavy (non-hydrogen) atoms. The summed E-state index contributed by atoms with van der Waals surface area (Å²) in [5, 5.41) is 2.94. The minimum absolute atomic E-state index is 0.0102. The molecule has 1 N–H and O–H groups in total. The SMILES string of the molecule is Cc1ccc(NC(=O)COC(=O)c2c(Cl)ccc(Cl)c2Cl)c(C)c1. The van der Waals surface area contributed by atoms with Crippen molar-refractivity contribution in [3.8, 4) is 0 Å². The summed E-state index contributed by atoms with van der Waals surface area (Å²) in [6.07, 6.45) is 0. The zero-order valence-corrected chi connectivity index (χ0v) is 15.2. The van der Waals surface area contributed by atoms with Crippen molar-refractivity contribution in [1.82, 2.24) is 0 Å². The van der Waals surface area contributed by atoms with Crippen LogP contribution in [0.4, 0.5) is 5.69 Å². The van der Waals surface area contributed by atoms with E-state index in [-0.39, 0.29) is 20.6 Å². The van der Waals surface area contributed by atoms with Crippen LogP contribution in [0.5, 0.6) is 0 Å². The number of anilines is 1. The van der Waals surface area contributed by atoms with Crippen LogP contribution in [0.1, 0.15) is 21.5 Å². The van der Waals surface area contributed by atoms with Crippen molar-refractivity contribution in [2.75, 3.05) is 11.9 Å². The van der Waals surface area contributed by atoms with Crippen molar-refractivity contribution >= 4 is 52.4 Å². The maximum Gasteiger partial charge on any atom is 0.341 e. The molecule has 0 saturated heterocycles. The topological polar surface area (TPSA) is 55.4 Å². The van der Waals surface area contributed by atoms with E-state index in [1.807, 2.05) is 26.0 Å². The van der Waals surface area contributed by atoms with Crippen LogP contribution in [-0.2, 0) is 9.53 Å². The first-order valence-electron chi connectivity index (χ1n) is 6.97. The first-order valence-corrected chi connectivity index (χ1v) is 8.10. The van der Waals surface area contributed by atoms with Crippen LogP contribution in [0.25, 0.3) is 0 Å². The van der Waals surface area contributed by atoms with Crippen LogP contribution < -0.4 is 5.32 Å². The van der Waals surface area contributed by atoms with Gasteiger partial charge in [-0.1, -0.05) is 52.5 Å². The highest BCUT2D eigenvalue weighted by molar-refractivity contribution is 6.46. The van der Waals surface area contributed by atoms with E-state index in [1.165, 1.54) is 12.1 Å². The minimum atomic E-state index is -0.816. The van der Waals surface area contributed by atoms with Gasteiger partial charge < -0.3 is 10.1 Å². The Balaban J connectivity index is 2.02. The number of halogens is 3. The molecule has 7 heteroatoms. The Bertz CT molecular complexity index is 806. The standard InChI is InChI=1S/C17H14Cl3NO3/c1-9-3-6-13(10(2)7-9)21-14(22)8-24-17(23)15-11(18)4-5-12(19)16(15)20/h3-7H,8H2,1-2H3,(H,21,22). The van der Waals surface area contributed by atoms with Gasteiger partial charge in [-0.05, 0) is 37.6 Å². The number of rotatable bonds is 4. The Morgan fingerprint density at radius 1 is 1.04 bits per heavy atom. The van der Waals surface area contributed by atoms with Gasteiger partial charge in [-0.2, -0.15) is 0 Å². The number of ether oxygens (including phenoxy) is 1. The molecule has 0 fully saturated rings. The molecule has 4 nitrogen and oxygen atoms in total. The minimum Gasteiger partial charge on any atom is -0.452 e. The molecule has 0 heterocycles. The van der Waals surface area contributed by atoms with Crippen molar-refractivity contribution in [2.24, 2.45) is 0 Å². The fourth-order valence-corrected chi connectivity index (χ4v) is 2.74. The lowest BCUT2D eigenvalue weighted by molar-refractivity contribution is -0.119. The molecule has 0 bridgehead atoms.